The highest BCUT2D eigenvalue weighted by Crippen LogP contribution is 2.10. The topological polar surface area (TPSA) is 58.6 Å². The van der Waals surface area contributed by atoms with Crippen LogP contribution in [0, 0.1) is 0 Å². The molecule has 1 aromatic carbocycles. The van der Waals surface area contributed by atoms with E-state index < -0.39 is 12.1 Å². The van der Waals surface area contributed by atoms with Crippen LogP contribution in [0.25, 0.3) is 0 Å². The number of unbranched alkanes of at least 4 members (excludes halogenated alkanes) is 4. The Kier molecular flexibility index (Phi) is 11.2. The number of rotatable bonds is 14. The molecule has 1 unspecified atom stereocenters. The van der Waals surface area contributed by atoms with Gasteiger partial charge in [0.05, 0.1) is 0 Å². The molecule has 0 bridgehead atoms. The van der Waals surface area contributed by atoms with Gasteiger partial charge in [-0.1, -0.05) is 56.9 Å². The predicted octanol–water partition coefficient (Wildman–Crippen LogP) is 3.82. The largest absolute Gasteiger partial charge is 0.479 e. The van der Waals surface area contributed by atoms with E-state index in [4.69, 9.17) is 4.74 Å². The van der Waals surface area contributed by atoms with Crippen LogP contribution in [0.4, 0.5) is 0 Å². The van der Waals surface area contributed by atoms with E-state index in [1.165, 1.54) is 37.7 Å². The van der Waals surface area contributed by atoms with E-state index in [-0.39, 0.29) is 0 Å². The van der Waals surface area contributed by atoms with E-state index in [1.807, 2.05) is 19.1 Å². The first-order chi connectivity index (χ1) is 11.7. The number of aliphatic carboxylic acids is 1. The third-order valence-electron chi connectivity index (χ3n) is 4.10. The zero-order chi connectivity index (χ0) is 17.6. The lowest BCUT2D eigenvalue weighted by Gasteiger charge is -2.13. The summed E-state index contributed by atoms with van der Waals surface area (Å²) in [7, 11) is 0. The SMILES string of the molecule is CCCCCCCNCCc1cccc(CC(OCC)C(=O)O)c1. The van der Waals surface area contributed by atoms with E-state index >= 15 is 0 Å². The molecule has 4 nitrogen and oxygen atoms in total. The maximum absolute atomic E-state index is 11.2. The summed E-state index contributed by atoms with van der Waals surface area (Å²) in [6.45, 7) is 6.51. The van der Waals surface area contributed by atoms with Crippen molar-refractivity contribution in [3.8, 4) is 0 Å². The number of hydrogen-bond acceptors (Lipinski definition) is 3. The van der Waals surface area contributed by atoms with Gasteiger partial charge >= 0.3 is 5.97 Å². The third kappa shape index (κ3) is 9.04. The van der Waals surface area contributed by atoms with Crippen molar-refractivity contribution in [3.63, 3.8) is 0 Å². The average Bonchev–Trinajstić information content (AvgIpc) is 2.57. The lowest BCUT2D eigenvalue weighted by atomic mass is 10.0. The summed E-state index contributed by atoms with van der Waals surface area (Å²) in [5.74, 6) is -0.896. The molecule has 4 heteroatoms. The lowest BCUT2D eigenvalue weighted by molar-refractivity contribution is -0.149. The quantitative estimate of drug-likeness (QED) is 0.507. The molecular weight excluding hydrogens is 302 g/mol. The van der Waals surface area contributed by atoms with Gasteiger partial charge in [0.15, 0.2) is 6.10 Å². The number of carboxylic acids is 1. The van der Waals surface area contributed by atoms with E-state index in [9.17, 15) is 9.90 Å². The summed E-state index contributed by atoms with van der Waals surface area (Å²) < 4.78 is 5.29. The molecule has 0 heterocycles. The molecule has 0 aliphatic heterocycles. The molecule has 2 N–H and O–H groups in total. The summed E-state index contributed by atoms with van der Waals surface area (Å²) >= 11 is 0. The van der Waals surface area contributed by atoms with Crippen molar-refractivity contribution in [1.29, 1.82) is 0 Å². The lowest BCUT2D eigenvalue weighted by Crippen LogP contribution is -2.26. The van der Waals surface area contributed by atoms with E-state index in [1.54, 1.807) is 0 Å². The van der Waals surface area contributed by atoms with Crippen LogP contribution in [0.2, 0.25) is 0 Å². The van der Waals surface area contributed by atoms with E-state index in [2.05, 4.69) is 24.4 Å². The fourth-order valence-electron chi connectivity index (χ4n) is 2.76. The van der Waals surface area contributed by atoms with Crippen molar-refractivity contribution in [2.24, 2.45) is 0 Å². The first-order valence-electron chi connectivity index (χ1n) is 9.30. The standard InChI is InChI=1S/C20H33NO3/c1-3-5-6-7-8-13-21-14-12-17-10-9-11-18(15-17)16-19(20(22)23)24-4-2/h9-11,15,19,21H,3-8,12-14,16H2,1-2H3,(H,22,23). The summed E-state index contributed by atoms with van der Waals surface area (Å²) in [6.07, 6.45) is 7.15. The Hall–Kier alpha value is -1.39. The molecule has 0 aliphatic carbocycles. The Morgan fingerprint density at radius 2 is 1.88 bits per heavy atom. The van der Waals surface area contributed by atoms with Gasteiger partial charge in [-0.3, -0.25) is 0 Å². The van der Waals surface area contributed by atoms with Crippen LogP contribution in [0.1, 0.15) is 57.1 Å². The van der Waals surface area contributed by atoms with Crippen LogP contribution < -0.4 is 5.32 Å². The van der Waals surface area contributed by atoms with Crippen LogP contribution in [-0.4, -0.2) is 36.9 Å². The molecule has 0 amide bonds. The number of benzene rings is 1. The molecule has 0 radical (unpaired) electrons. The normalized spacial score (nSPS) is 12.2. The van der Waals surface area contributed by atoms with Gasteiger partial charge in [-0.05, 0) is 44.0 Å². The molecule has 0 spiro atoms. The Balaban J connectivity index is 2.30. The van der Waals surface area contributed by atoms with Crippen LogP contribution in [-0.2, 0) is 22.4 Å². The van der Waals surface area contributed by atoms with Crippen LogP contribution >= 0.6 is 0 Å². The van der Waals surface area contributed by atoms with Gasteiger partial charge in [0, 0.05) is 13.0 Å². The van der Waals surface area contributed by atoms with Gasteiger partial charge < -0.3 is 15.2 Å². The monoisotopic (exact) mass is 335 g/mol. The first-order valence-corrected chi connectivity index (χ1v) is 9.30. The minimum Gasteiger partial charge on any atom is -0.479 e. The van der Waals surface area contributed by atoms with Gasteiger partial charge in [-0.25, -0.2) is 4.79 Å². The van der Waals surface area contributed by atoms with Gasteiger partial charge in [-0.2, -0.15) is 0 Å². The molecule has 0 saturated carbocycles. The minimum absolute atomic E-state index is 0.416. The molecule has 0 saturated heterocycles. The second-order valence-electron chi connectivity index (χ2n) is 6.22. The average molecular weight is 335 g/mol. The van der Waals surface area contributed by atoms with Crippen molar-refractivity contribution >= 4 is 5.97 Å². The maximum Gasteiger partial charge on any atom is 0.333 e. The van der Waals surface area contributed by atoms with Crippen molar-refractivity contribution in [1.82, 2.24) is 5.32 Å². The minimum atomic E-state index is -0.896. The molecule has 1 aromatic rings. The highest BCUT2D eigenvalue weighted by molar-refractivity contribution is 5.72. The van der Waals surface area contributed by atoms with E-state index in [0.29, 0.717) is 13.0 Å². The predicted molar refractivity (Wildman–Crippen MR) is 98.5 cm³/mol. The molecule has 0 aliphatic rings. The van der Waals surface area contributed by atoms with Gasteiger partial charge in [0.2, 0.25) is 0 Å². The van der Waals surface area contributed by atoms with Gasteiger partial charge in [0.1, 0.15) is 0 Å². The second-order valence-corrected chi connectivity index (χ2v) is 6.22. The van der Waals surface area contributed by atoms with Gasteiger partial charge in [0.25, 0.3) is 0 Å². The molecular formula is C20H33NO3. The van der Waals surface area contributed by atoms with Crippen LogP contribution in [0.3, 0.4) is 0 Å². The summed E-state index contributed by atoms with van der Waals surface area (Å²) in [4.78, 5) is 11.2. The van der Waals surface area contributed by atoms with Crippen molar-refractivity contribution in [3.05, 3.63) is 35.4 Å². The molecule has 0 fully saturated rings. The number of hydrogen-bond donors (Lipinski definition) is 2. The summed E-state index contributed by atoms with van der Waals surface area (Å²) in [5.41, 5.74) is 2.26. The highest BCUT2D eigenvalue weighted by Gasteiger charge is 2.17. The Labute approximate surface area is 146 Å². The molecule has 1 atom stereocenters. The fraction of sp³-hybridized carbons (Fsp3) is 0.650. The number of carbonyl (C=O) groups is 1. The van der Waals surface area contributed by atoms with E-state index in [0.717, 1.165) is 25.1 Å². The summed E-state index contributed by atoms with van der Waals surface area (Å²) in [6, 6.07) is 8.17. The molecule has 0 aromatic heterocycles. The molecule has 24 heavy (non-hydrogen) atoms. The Morgan fingerprint density at radius 1 is 1.12 bits per heavy atom. The number of nitrogens with one attached hydrogen (secondary N) is 1. The third-order valence-corrected chi connectivity index (χ3v) is 4.10. The zero-order valence-corrected chi connectivity index (χ0v) is 15.2. The molecule has 1 rings (SSSR count). The van der Waals surface area contributed by atoms with Crippen LogP contribution in [0.15, 0.2) is 24.3 Å². The maximum atomic E-state index is 11.2. The highest BCUT2D eigenvalue weighted by atomic mass is 16.5. The Bertz CT molecular complexity index is 462. The number of carboxylic acid groups (broad SMARTS) is 1. The second kappa shape index (κ2) is 13.0. The first kappa shape index (κ1) is 20.7. The van der Waals surface area contributed by atoms with Crippen LogP contribution in [0.5, 0.6) is 0 Å². The fourth-order valence-corrected chi connectivity index (χ4v) is 2.76. The zero-order valence-electron chi connectivity index (χ0n) is 15.2. The van der Waals surface area contributed by atoms with Crippen molar-refractivity contribution in [2.45, 2.75) is 64.9 Å². The molecule has 136 valence electrons. The Morgan fingerprint density at radius 3 is 2.58 bits per heavy atom. The summed E-state index contributed by atoms with van der Waals surface area (Å²) in [5, 5.41) is 12.7. The van der Waals surface area contributed by atoms with Crippen molar-refractivity contribution < 1.29 is 14.6 Å². The van der Waals surface area contributed by atoms with Gasteiger partial charge in [-0.15, -0.1) is 0 Å². The number of ether oxygens (including phenoxy) is 1. The van der Waals surface area contributed by atoms with Crippen molar-refractivity contribution in [2.75, 3.05) is 19.7 Å². The smallest absolute Gasteiger partial charge is 0.333 e.